The molecule has 0 atom stereocenters. The standard InChI is InChI=1S/2Al.ClH.Li.H2.6H/h;;1H;;1H;;;;;;/q;+1;;+1;;;;;;;-1/p-1. The molecule has 0 radical (unpaired) electrons. The second-order valence-corrected chi connectivity index (χ2v) is 0. The first-order valence-corrected chi connectivity index (χ1v) is 3.40. The molecule has 0 unspecified atom stereocenters. The van der Waals surface area contributed by atoms with Crippen molar-refractivity contribution in [1.82, 2.24) is 0 Å². The third kappa shape index (κ3) is 9.04. The topological polar surface area (TPSA) is 0 Å². The zero-order chi connectivity index (χ0) is 2.00. The molecule has 4 heteroatoms. The molecule has 0 aliphatic heterocycles. The van der Waals surface area contributed by atoms with E-state index in [0.29, 0.717) is 0 Å². The quantitative estimate of drug-likeness (QED) is 0.275. The van der Waals surface area contributed by atoms with Crippen LogP contribution in [0.1, 0.15) is 2.85 Å². The van der Waals surface area contributed by atoms with Crippen LogP contribution in [0.4, 0.5) is 0 Å². The minimum atomic E-state index is 0. The van der Waals surface area contributed by atoms with E-state index in [1.807, 2.05) is 0 Å². The molecule has 0 spiro atoms. The summed E-state index contributed by atoms with van der Waals surface area (Å²) in [6.45, 7) is 0. The average molecular weight is 104 g/mol. The minimum Gasteiger partial charge on any atom is -1.00 e. The van der Waals surface area contributed by atoms with Crippen LogP contribution in [0.25, 0.3) is 0 Å². The van der Waals surface area contributed by atoms with Gasteiger partial charge in [-0.1, -0.05) is 0 Å². The van der Waals surface area contributed by atoms with E-state index in [0.717, 1.165) is 15.4 Å². The minimum absolute atomic E-state index is 0. The predicted molar refractivity (Wildman–Crippen MR) is 27.6 cm³/mol. The third-order valence-electron chi connectivity index (χ3n) is 0. The third-order valence-corrected chi connectivity index (χ3v) is 0. The van der Waals surface area contributed by atoms with Crippen molar-refractivity contribution in [2.45, 2.75) is 0 Å². The first-order valence-electron chi connectivity index (χ1n) is 0.378. The molecule has 0 heterocycles. The molecule has 0 N–H and O–H groups in total. The van der Waals surface area contributed by atoms with Crippen LogP contribution in [0, 0.1) is 0 Å². The first kappa shape index (κ1) is 16.7. The van der Waals surface area contributed by atoms with Crippen molar-refractivity contribution in [3.8, 4) is 0 Å². The van der Waals surface area contributed by atoms with Gasteiger partial charge in [-0.2, -0.15) is 0 Å². The van der Waals surface area contributed by atoms with E-state index in [1.165, 1.54) is 0 Å². The SMILES string of the molecule is [AlH2][Cl].[AlH3].[H-].[HH].[Li+]. The largest absolute Gasteiger partial charge is 1.00 e. The van der Waals surface area contributed by atoms with Gasteiger partial charge in [0, 0.05) is 1.43 Å². The van der Waals surface area contributed by atoms with Crippen LogP contribution in [0.3, 0.4) is 0 Å². The number of hydrogen-bond donors (Lipinski definition) is 0. The van der Waals surface area contributed by atoms with Gasteiger partial charge in [0.2, 0.25) is 0 Å². The van der Waals surface area contributed by atoms with Crippen LogP contribution in [0.2, 0.25) is 0 Å². The molecular weight excluding hydrogens is 96.4 g/mol. The second kappa shape index (κ2) is 20.3. The van der Waals surface area contributed by atoms with Crippen molar-refractivity contribution in [2.75, 3.05) is 0 Å². The summed E-state index contributed by atoms with van der Waals surface area (Å²) < 4.78 is 0. The van der Waals surface area contributed by atoms with Gasteiger partial charge in [0.15, 0.2) is 17.4 Å². The summed E-state index contributed by atoms with van der Waals surface area (Å²) in [6, 6.07) is 0. The summed E-state index contributed by atoms with van der Waals surface area (Å²) in [5.74, 6) is 0. The van der Waals surface area contributed by atoms with Crippen molar-refractivity contribution < 1.29 is 21.7 Å². The normalized spacial score (nSPS) is 1.25. The maximum atomic E-state index is 4.78. The Morgan fingerprint density at radius 1 is 1.75 bits per heavy atom. The van der Waals surface area contributed by atoms with E-state index in [2.05, 4.69) is 0 Å². The predicted octanol–water partition coefficient (Wildman–Crippen LogP) is -4.05. The molecule has 0 nitrogen and oxygen atoms in total. The van der Waals surface area contributed by atoms with Gasteiger partial charge < -0.3 is 1.43 Å². The Morgan fingerprint density at radius 2 is 1.75 bits per heavy atom. The zero-order valence-corrected chi connectivity index (χ0v) is 5.13. The number of rotatable bonds is 0. The molecular formula is H8Al2ClLi. The zero-order valence-electron chi connectivity index (χ0n) is 3.38. The van der Waals surface area contributed by atoms with Crippen molar-refractivity contribution >= 4 is 42.8 Å². The van der Waals surface area contributed by atoms with Crippen molar-refractivity contribution in [3.05, 3.63) is 0 Å². The molecule has 0 rings (SSSR count). The van der Waals surface area contributed by atoms with E-state index in [-0.39, 0.29) is 39.1 Å². The maximum Gasteiger partial charge on any atom is 1.00 e. The number of halogens is 1. The van der Waals surface area contributed by atoms with Gasteiger partial charge in [0.05, 0.1) is 0 Å². The van der Waals surface area contributed by atoms with Gasteiger partial charge in [0.1, 0.15) is 0 Å². The fourth-order valence-corrected chi connectivity index (χ4v) is 0. The molecule has 22 valence electrons. The van der Waals surface area contributed by atoms with Gasteiger partial charge >= 0.3 is 34.2 Å². The summed E-state index contributed by atoms with van der Waals surface area (Å²) in [6.07, 6.45) is 0. The summed E-state index contributed by atoms with van der Waals surface area (Å²) in [5.41, 5.74) is 0. The molecule has 0 saturated heterocycles. The molecule has 0 aromatic carbocycles. The molecule has 0 bridgehead atoms. The van der Waals surface area contributed by atoms with Crippen molar-refractivity contribution in [1.29, 1.82) is 0 Å². The van der Waals surface area contributed by atoms with Crippen molar-refractivity contribution in [2.24, 2.45) is 0 Å². The van der Waals surface area contributed by atoms with Gasteiger partial charge in [-0.25, -0.2) is 0 Å². The van der Waals surface area contributed by atoms with E-state index < -0.39 is 0 Å². The summed E-state index contributed by atoms with van der Waals surface area (Å²) in [5, 5.41) is 0. The van der Waals surface area contributed by atoms with Crippen LogP contribution in [-0.4, -0.2) is 32.7 Å². The Balaban J connectivity index is -0.000000000833. The van der Waals surface area contributed by atoms with Crippen LogP contribution >= 0.6 is 10.0 Å². The van der Waals surface area contributed by atoms with E-state index >= 15 is 0 Å². The maximum absolute atomic E-state index is 4.78. The molecule has 0 amide bonds. The molecule has 4 heavy (non-hydrogen) atoms. The van der Waals surface area contributed by atoms with Crippen LogP contribution in [0.5, 0.6) is 0 Å². The van der Waals surface area contributed by atoms with Crippen LogP contribution in [0.15, 0.2) is 0 Å². The van der Waals surface area contributed by atoms with E-state index in [1.54, 1.807) is 0 Å². The summed E-state index contributed by atoms with van der Waals surface area (Å²) in [4.78, 5) is 0. The molecule has 0 aliphatic carbocycles. The van der Waals surface area contributed by atoms with Gasteiger partial charge in [0.25, 0.3) is 0 Å². The molecule has 0 aliphatic rings. The number of hydrogen-bond acceptors (Lipinski definition) is 0. The van der Waals surface area contributed by atoms with Gasteiger partial charge in [-0.15, -0.1) is 0 Å². The van der Waals surface area contributed by atoms with Crippen molar-refractivity contribution in [3.63, 3.8) is 0 Å². The molecule has 0 fully saturated rings. The Morgan fingerprint density at radius 3 is 1.75 bits per heavy atom. The fourth-order valence-electron chi connectivity index (χ4n) is 0. The Hall–Kier alpha value is 1.95. The van der Waals surface area contributed by atoms with Gasteiger partial charge in [-0.05, 0) is 0 Å². The second-order valence-electron chi connectivity index (χ2n) is 0. The molecule has 0 aromatic heterocycles. The monoisotopic (exact) mass is 104 g/mol. The summed E-state index contributed by atoms with van der Waals surface area (Å²) in [7, 11) is 4.78. The fraction of sp³-hybridized carbons (Fsp3) is 0. The molecule has 0 aromatic rings. The van der Waals surface area contributed by atoms with Gasteiger partial charge in [-0.3, -0.25) is 10.0 Å². The Kier molecular flexibility index (Phi) is 85.0. The first-order chi connectivity index (χ1) is 1.00. The van der Waals surface area contributed by atoms with E-state index in [4.69, 9.17) is 10.0 Å². The van der Waals surface area contributed by atoms with Crippen LogP contribution < -0.4 is 18.9 Å². The van der Waals surface area contributed by atoms with E-state index in [9.17, 15) is 0 Å². The molecule has 0 saturated carbocycles. The summed E-state index contributed by atoms with van der Waals surface area (Å²) >= 11 is 0.778. The van der Waals surface area contributed by atoms with Crippen LogP contribution in [-0.2, 0) is 0 Å². The Labute approximate surface area is 64.2 Å². The Bertz CT molecular complexity index is 11.5. The average Bonchev–Trinajstić information content (AvgIpc) is 1.00. The smallest absolute Gasteiger partial charge is 1.00 e.